The summed E-state index contributed by atoms with van der Waals surface area (Å²) in [5.74, 6) is 0. The number of hydrogen-bond acceptors (Lipinski definition) is 3. The summed E-state index contributed by atoms with van der Waals surface area (Å²) in [4.78, 5) is 8.25. The van der Waals surface area contributed by atoms with Crippen molar-refractivity contribution in [1.82, 2.24) is 0 Å². The molecule has 0 aliphatic rings. The maximum Gasteiger partial charge on any atom is 2.00 e. The Balaban J connectivity index is -0.0000000450. The molecule has 32 valence electrons. The molecular weight excluding hydrogens is 163 g/mol. The molecule has 6 heavy (non-hydrogen) atoms. The summed E-state index contributed by atoms with van der Waals surface area (Å²) in [6.45, 7) is 0. The van der Waals surface area contributed by atoms with Gasteiger partial charge in [0.05, 0.1) is 5.09 Å². The fourth-order valence-electron chi connectivity index (χ4n) is 0. The summed E-state index contributed by atoms with van der Waals surface area (Å²) in [7, 11) is 0. The quantitative estimate of drug-likeness (QED) is 0.214. The predicted molar refractivity (Wildman–Crippen MR) is 10.4 cm³/mol. The molecule has 0 aromatic rings. The molecule has 0 radical (unpaired) electrons. The topological polar surface area (TPSA) is 66.2 Å². The maximum absolute atomic E-state index is 8.25. The van der Waals surface area contributed by atoms with Gasteiger partial charge in [0.1, 0.15) is 0 Å². The van der Waals surface area contributed by atoms with Gasteiger partial charge in [-0.15, -0.1) is 0 Å². The van der Waals surface area contributed by atoms with Crippen LogP contribution in [0.1, 0.15) is 0 Å². The van der Waals surface area contributed by atoms with Crippen molar-refractivity contribution in [3.8, 4) is 0 Å². The molecule has 0 spiro atoms. The van der Waals surface area contributed by atoms with Gasteiger partial charge in [-0.2, -0.15) is 0 Å². The monoisotopic (exact) mass is 161 g/mol. The fraction of sp³-hybridized carbons (Fsp3) is 0. The summed E-state index contributed by atoms with van der Waals surface area (Å²) in [5, 5.41) is 14.8. The molecule has 0 bridgehead atoms. The second-order valence-electron chi connectivity index (χ2n) is 0.224. The zero-order valence-electron chi connectivity index (χ0n) is 2.76. The van der Waals surface area contributed by atoms with Crippen molar-refractivity contribution in [1.29, 1.82) is 0 Å². The van der Waals surface area contributed by atoms with Crippen molar-refractivity contribution in [2.24, 2.45) is 0 Å². The first kappa shape index (κ1) is 16.5. The van der Waals surface area contributed by atoms with Gasteiger partial charge in [0.25, 0.3) is 0 Å². The summed E-state index contributed by atoms with van der Waals surface area (Å²) < 4.78 is 0. The van der Waals surface area contributed by atoms with Crippen LogP contribution in [0.3, 0.4) is 0 Å². The zero-order valence-corrected chi connectivity index (χ0v) is 6.48. The summed E-state index contributed by atoms with van der Waals surface area (Å²) in [5.41, 5.74) is 0. The van der Waals surface area contributed by atoms with E-state index in [1.54, 1.807) is 0 Å². The van der Waals surface area contributed by atoms with Crippen LogP contribution in [0.4, 0.5) is 0 Å². The van der Waals surface area contributed by atoms with E-state index in [2.05, 4.69) is 0 Å². The average Bonchev–Trinajstić information content (AvgIpc) is 0.811. The van der Waals surface area contributed by atoms with Crippen LogP contribution in [-0.4, -0.2) is 5.09 Å². The SMILES string of the molecule is O=[N+]([O-])[O-].[Cl-].[Zn+2]. The molecule has 0 aliphatic heterocycles. The van der Waals surface area contributed by atoms with Gasteiger partial charge in [-0.1, -0.05) is 0 Å². The molecule has 0 atom stereocenters. The number of nitrogens with zero attached hydrogens (tertiary/aromatic N) is 1. The van der Waals surface area contributed by atoms with E-state index in [-0.39, 0.29) is 31.9 Å². The van der Waals surface area contributed by atoms with Crippen molar-refractivity contribution < 1.29 is 37.0 Å². The third-order valence-electron chi connectivity index (χ3n) is 0. The Morgan fingerprint density at radius 1 is 1.33 bits per heavy atom. The Bertz CT molecular complexity index is 33.8. The van der Waals surface area contributed by atoms with Crippen LogP contribution in [-0.2, 0) is 19.5 Å². The largest absolute Gasteiger partial charge is 2.00 e. The van der Waals surface area contributed by atoms with E-state index in [4.69, 9.17) is 15.3 Å². The Morgan fingerprint density at radius 3 is 1.33 bits per heavy atom. The molecule has 0 aromatic heterocycles. The van der Waals surface area contributed by atoms with Crippen LogP contribution in [0.15, 0.2) is 0 Å². The Morgan fingerprint density at radius 2 is 1.33 bits per heavy atom. The van der Waals surface area contributed by atoms with Gasteiger partial charge < -0.3 is 27.7 Å². The standard InChI is InChI=1S/ClH.NO3.Zn/c;2-1(3)4;/h1H;;/q;-1;+2/p-1. The van der Waals surface area contributed by atoms with Crippen LogP contribution < -0.4 is 12.4 Å². The number of hydrogen-bond donors (Lipinski definition) is 0. The first-order chi connectivity index (χ1) is 1.73. The second kappa shape index (κ2) is 8.93. The molecule has 0 unspecified atom stereocenters. The summed E-state index contributed by atoms with van der Waals surface area (Å²) >= 11 is 0. The number of rotatable bonds is 0. The molecule has 4 nitrogen and oxygen atoms in total. The average molecular weight is 163 g/mol. The normalized spacial score (nSPS) is 4.00. The van der Waals surface area contributed by atoms with Gasteiger partial charge in [-0.05, 0) is 0 Å². The molecule has 0 saturated carbocycles. The van der Waals surface area contributed by atoms with Crippen LogP contribution in [0, 0.1) is 15.3 Å². The Labute approximate surface area is 52.8 Å². The summed E-state index contributed by atoms with van der Waals surface area (Å²) in [6.07, 6.45) is 0. The third kappa shape index (κ3) is 3100. The molecule has 0 rings (SSSR count). The van der Waals surface area contributed by atoms with Crippen LogP contribution in [0.2, 0.25) is 0 Å². The van der Waals surface area contributed by atoms with Crippen molar-refractivity contribution in [2.75, 3.05) is 0 Å². The van der Waals surface area contributed by atoms with Gasteiger partial charge in [0, 0.05) is 0 Å². The second-order valence-corrected chi connectivity index (χ2v) is 0.224. The minimum atomic E-state index is -1.75. The van der Waals surface area contributed by atoms with Gasteiger partial charge in [0.2, 0.25) is 0 Å². The van der Waals surface area contributed by atoms with Gasteiger partial charge in [0.15, 0.2) is 0 Å². The van der Waals surface area contributed by atoms with Crippen LogP contribution in [0.5, 0.6) is 0 Å². The molecule has 0 N–H and O–H groups in total. The zero-order chi connectivity index (χ0) is 3.58. The van der Waals surface area contributed by atoms with E-state index < -0.39 is 5.09 Å². The Hall–Kier alpha value is 0.113. The van der Waals surface area contributed by atoms with E-state index in [9.17, 15) is 0 Å². The first-order valence-electron chi connectivity index (χ1n) is 0.548. The van der Waals surface area contributed by atoms with Crippen molar-refractivity contribution in [3.05, 3.63) is 15.3 Å². The number of halogens is 1. The van der Waals surface area contributed by atoms with Crippen molar-refractivity contribution >= 4 is 0 Å². The van der Waals surface area contributed by atoms with E-state index in [0.29, 0.717) is 0 Å². The van der Waals surface area contributed by atoms with Gasteiger partial charge in [-0.25, -0.2) is 0 Å². The Kier molecular flexibility index (Phi) is 24.5. The van der Waals surface area contributed by atoms with Gasteiger partial charge >= 0.3 is 19.5 Å². The van der Waals surface area contributed by atoms with Crippen LogP contribution >= 0.6 is 0 Å². The van der Waals surface area contributed by atoms with E-state index >= 15 is 0 Å². The molecule has 0 saturated heterocycles. The van der Waals surface area contributed by atoms with Crippen LogP contribution in [0.25, 0.3) is 0 Å². The van der Waals surface area contributed by atoms with E-state index in [1.807, 2.05) is 0 Å². The van der Waals surface area contributed by atoms with Crippen molar-refractivity contribution in [3.63, 3.8) is 0 Å². The molecule has 6 heteroatoms. The molecule has 0 heterocycles. The summed E-state index contributed by atoms with van der Waals surface area (Å²) in [6, 6.07) is 0. The van der Waals surface area contributed by atoms with Gasteiger partial charge in [-0.3, -0.25) is 0 Å². The third-order valence-corrected chi connectivity index (χ3v) is 0. The molecule has 0 amide bonds. The molecule has 0 aromatic carbocycles. The predicted octanol–water partition coefficient (Wildman–Crippen LogP) is -3.24. The minimum absolute atomic E-state index is 0. The minimum Gasteiger partial charge on any atom is -1.00 e. The smallest absolute Gasteiger partial charge is 1.00 e. The fourth-order valence-corrected chi connectivity index (χ4v) is 0. The maximum atomic E-state index is 8.25. The van der Waals surface area contributed by atoms with Crippen molar-refractivity contribution in [2.45, 2.75) is 0 Å². The molecular formula is ClNO3Zn. The van der Waals surface area contributed by atoms with E-state index in [1.165, 1.54) is 0 Å². The first-order valence-corrected chi connectivity index (χ1v) is 0.548. The molecule has 0 fully saturated rings. The molecule has 0 aliphatic carbocycles. The van der Waals surface area contributed by atoms with E-state index in [0.717, 1.165) is 0 Å².